The van der Waals surface area contributed by atoms with Crippen LogP contribution in [0.25, 0.3) is 94.4 Å². The van der Waals surface area contributed by atoms with Crippen molar-refractivity contribution >= 4 is 60.5 Å². The van der Waals surface area contributed by atoms with E-state index in [0.29, 0.717) is 23.9 Å². The monoisotopic (exact) mass is 681 g/mol. The molecule has 0 saturated heterocycles. The van der Waals surface area contributed by atoms with Crippen LogP contribution in [-0.2, 0) is 5.41 Å². The van der Waals surface area contributed by atoms with Crippen LogP contribution in [0.4, 0.5) is 0 Å². The van der Waals surface area contributed by atoms with Crippen molar-refractivity contribution in [2.75, 3.05) is 0 Å². The quantitative estimate of drug-likeness (QED) is 0.185. The number of benzene rings is 7. The first-order chi connectivity index (χ1) is 26.1. The average Bonchev–Trinajstić information content (AvgIpc) is 3.79. The standard InChI is InChI=1S/C48H31N3O2/c1-48(25-9-18-41-43(48)39-24-23-33(28-42(39)52-41)36-15-8-16-38-37-14-6-7-17-40(37)53-44(36)38)47-50-45(34-21-19-29-10-2-4-12-31(29)26-34)49-46(51-47)35-22-20-30-11-3-5-13-32(30)27-35/h2-24,26-28H,25H2,1H3. The summed E-state index contributed by atoms with van der Waals surface area (Å²) in [6, 6.07) is 50.6. The fourth-order valence-electron chi connectivity index (χ4n) is 8.19. The summed E-state index contributed by atoms with van der Waals surface area (Å²) in [5.74, 6) is 2.83. The van der Waals surface area contributed by atoms with Crippen molar-refractivity contribution in [1.29, 1.82) is 0 Å². The smallest absolute Gasteiger partial charge is 0.163 e. The van der Waals surface area contributed by atoms with E-state index in [1.54, 1.807) is 0 Å². The van der Waals surface area contributed by atoms with Crippen LogP contribution < -0.4 is 0 Å². The number of hydrogen-bond acceptors (Lipinski definition) is 5. The molecule has 3 aromatic heterocycles. The Kier molecular flexibility index (Phi) is 6.38. The van der Waals surface area contributed by atoms with E-state index < -0.39 is 5.41 Å². The first kappa shape index (κ1) is 29.8. The Morgan fingerprint density at radius 1 is 0.509 bits per heavy atom. The minimum absolute atomic E-state index is 0.588. The van der Waals surface area contributed by atoms with Crippen LogP contribution >= 0.6 is 0 Å². The number of furan rings is 2. The second-order valence-corrected chi connectivity index (χ2v) is 14.2. The van der Waals surface area contributed by atoms with Gasteiger partial charge in [0.25, 0.3) is 0 Å². The van der Waals surface area contributed by atoms with E-state index in [9.17, 15) is 0 Å². The van der Waals surface area contributed by atoms with Gasteiger partial charge in [0.15, 0.2) is 11.6 Å². The zero-order valence-electron chi connectivity index (χ0n) is 28.9. The Bertz CT molecular complexity index is 3030. The molecule has 0 N–H and O–H groups in total. The zero-order valence-corrected chi connectivity index (χ0v) is 28.9. The SMILES string of the molecule is CC1(c2nc(-c3ccc4ccccc4c3)nc(-c3ccc4ccccc4c3)n2)CC=Cc2oc3cc(-c4cccc5c4oc4ccccc45)ccc3c21. The minimum atomic E-state index is -0.588. The molecule has 1 aliphatic carbocycles. The number of rotatable bonds is 4. The van der Waals surface area contributed by atoms with Gasteiger partial charge < -0.3 is 8.83 Å². The van der Waals surface area contributed by atoms with Crippen LogP contribution in [0.3, 0.4) is 0 Å². The molecule has 0 saturated carbocycles. The number of nitrogens with zero attached hydrogens (tertiary/aromatic N) is 3. The number of aromatic nitrogens is 3. The molecule has 0 radical (unpaired) electrons. The van der Waals surface area contributed by atoms with Gasteiger partial charge in [0.2, 0.25) is 0 Å². The van der Waals surface area contributed by atoms with Gasteiger partial charge in [-0.2, -0.15) is 0 Å². The third-order valence-electron chi connectivity index (χ3n) is 10.9. The van der Waals surface area contributed by atoms with Gasteiger partial charge in [-0.15, -0.1) is 0 Å². The predicted octanol–water partition coefficient (Wildman–Crippen LogP) is 12.5. The Balaban J connectivity index is 1.09. The van der Waals surface area contributed by atoms with Crippen LogP contribution in [0.1, 0.15) is 30.5 Å². The molecule has 0 bridgehead atoms. The van der Waals surface area contributed by atoms with Crippen LogP contribution in [0, 0.1) is 0 Å². The summed E-state index contributed by atoms with van der Waals surface area (Å²) in [7, 11) is 0. The summed E-state index contributed by atoms with van der Waals surface area (Å²) in [5.41, 5.74) is 7.05. The lowest BCUT2D eigenvalue weighted by molar-refractivity contribution is 0.509. The highest BCUT2D eigenvalue weighted by Crippen LogP contribution is 2.47. The largest absolute Gasteiger partial charge is 0.456 e. The lowest BCUT2D eigenvalue weighted by Crippen LogP contribution is -2.29. The molecule has 0 spiro atoms. The van der Waals surface area contributed by atoms with E-state index in [-0.39, 0.29) is 0 Å². The Hall–Kier alpha value is -6.85. The molecule has 5 heteroatoms. The van der Waals surface area contributed by atoms with E-state index in [1.807, 2.05) is 12.1 Å². The molecule has 10 aromatic rings. The van der Waals surface area contributed by atoms with Gasteiger partial charge in [-0.05, 0) is 70.8 Å². The van der Waals surface area contributed by atoms with Gasteiger partial charge >= 0.3 is 0 Å². The molecule has 0 fully saturated rings. The highest BCUT2D eigenvalue weighted by Gasteiger charge is 2.39. The summed E-state index contributed by atoms with van der Waals surface area (Å²) in [4.78, 5) is 15.7. The Morgan fingerprint density at radius 3 is 1.89 bits per heavy atom. The lowest BCUT2D eigenvalue weighted by Gasteiger charge is -2.30. The Morgan fingerprint density at radius 2 is 1.15 bits per heavy atom. The molecular weight excluding hydrogens is 651 g/mol. The lowest BCUT2D eigenvalue weighted by atomic mass is 9.74. The second kappa shape index (κ2) is 11.3. The van der Waals surface area contributed by atoms with Gasteiger partial charge in [0.05, 0.1) is 5.41 Å². The maximum absolute atomic E-state index is 6.68. The fourth-order valence-corrected chi connectivity index (χ4v) is 8.19. The van der Waals surface area contributed by atoms with Crippen LogP contribution in [-0.4, -0.2) is 15.0 Å². The molecular formula is C48H31N3O2. The highest BCUT2D eigenvalue weighted by atomic mass is 16.3. The van der Waals surface area contributed by atoms with Crippen molar-refractivity contribution in [3.8, 4) is 33.9 Å². The summed E-state index contributed by atoms with van der Waals surface area (Å²) in [5, 5.41) is 7.90. The molecule has 250 valence electrons. The topological polar surface area (TPSA) is 65.0 Å². The second-order valence-electron chi connectivity index (χ2n) is 14.2. The number of allylic oxidation sites excluding steroid dienone is 1. The van der Waals surface area contributed by atoms with E-state index in [0.717, 1.165) is 77.3 Å². The molecule has 7 aromatic carbocycles. The fraction of sp³-hybridized carbons (Fsp3) is 0.0625. The summed E-state index contributed by atoms with van der Waals surface area (Å²) < 4.78 is 13.1. The molecule has 53 heavy (non-hydrogen) atoms. The zero-order chi connectivity index (χ0) is 35.1. The first-order valence-corrected chi connectivity index (χ1v) is 18.0. The molecule has 1 unspecified atom stereocenters. The molecule has 1 aliphatic rings. The third kappa shape index (κ3) is 4.67. The van der Waals surface area contributed by atoms with E-state index in [1.165, 1.54) is 10.8 Å². The Labute approximate surface area is 304 Å². The number of hydrogen-bond donors (Lipinski definition) is 0. The number of para-hydroxylation sites is 2. The van der Waals surface area contributed by atoms with Crippen LogP contribution in [0.5, 0.6) is 0 Å². The maximum Gasteiger partial charge on any atom is 0.163 e. The predicted molar refractivity (Wildman–Crippen MR) is 215 cm³/mol. The summed E-state index contributed by atoms with van der Waals surface area (Å²) >= 11 is 0. The first-order valence-electron chi connectivity index (χ1n) is 18.0. The van der Waals surface area contributed by atoms with Crippen molar-refractivity contribution in [2.45, 2.75) is 18.8 Å². The summed E-state index contributed by atoms with van der Waals surface area (Å²) in [6.07, 6.45) is 4.98. The van der Waals surface area contributed by atoms with E-state index in [2.05, 4.69) is 153 Å². The van der Waals surface area contributed by atoms with Crippen LogP contribution in [0.15, 0.2) is 161 Å². The molecule has 3 heterocycles. The maximum atomic E-state index is 6.68. The number of fused-ring (bicyclic) bond motifs is 8. The minimum Gasteiger partial charge on any atom is -0.456 e. The summed E-state index contributed by atoms with van der Waals surface area (Å²) in [6.45, 7) is 2.23. The van der Waals surface area contributed by atoms with Gasteiger partial charge in [-0.1, -0.05) is 127 Å². The molecule has 11 rings (SSSR count). The van der Waals surface area contributed by atoms with Crippen molar-refractivity contribution in [3.63, 3.8) is 0 Å². The average molecular weight is 682 g/mol. The molecule has 0 amide bonds. The van der Waals surface area contributed by atoms with Gasteiger partial charge in [0.1, 0.15) is 28.3 Å². The molecule has 0 aliphatic heterocycles. The molecule has 1 atom stereocenters. The van der Waals surface area contributed by atoms with E-state index in [4.69, 9.17) is 23.8 Å². The van der Waals surface area contributed by atoms with E-state index >= 15 is 0 Å². The van der Waals surface area contributed by atoms with Crippen molar-refractivity contribution in [2.24, 2.45) is 0 Å². The van der Waals surface area contributed by atoms with Crippen molar-refractivity contribution in [3.05, 3.63) is 169 Å². The van der Waals surface area contributed by atoms with Gasteiger partial charge in [-0.3, -0.25) is 0 Å². The third-order valence-corrected chi connectivity index (χ3v) is 10.9. The normalized spacial score (nSPS) is 15.6. The van der Waals surface area contributed by atoms with Crippen molar-refractivity contribution in [1.82, 2.24) is 15.0 Å². The van der Waals surface area contributed by atoms with Crippen molar-refractivity contribution < 1.29 is 8.83 Å². The highest BCUT2D eigenvalue weighted by molar-refractivity contribution is 6.10. The van der Waals surface area contributed by atoms with Gasteiger partial charge in [0, 0.05) is 38.4 Å². The van der Waals surface area contributed by atoms with Crippen LogP contribution in [0.2, 0.25) is 0 Å². The molecule has 5 nitrogen and oxygen atoms in total. The van der Waals surface area contributed by atoms with Gasteiger partial charge in [-0.25, -0.2) is 15.0 Å².